The third-order valence-corrected chi connectivity index (χ3v) is 3.46. The highest BCUT2D eigenvalue weighted by molar-refractivity contribution is 5.90. The van der Waals surface area contributed by atoms with Crippen LogP contribution in [0.4, 0.5) is 11.4 Å². The summed E-state index contributed by atoms with van der Waals surface area (Å²) in [7, 11) is 0. The molecule has 2 aromatic carbocycles. The molecule has 136 valence electrons. The lowest BCUT2D eigenvalue weighted by Crippen LogP contribution is -2.13. The molecule has 0 atom stereocenters. The summed E-state index contributed by atoms with van der Waals surface area (Å²) in [5, 5.41) is 22.3. The molecule has 2 aromatic rings. The third kappa shape index (κ3) is 5.90. The van der Waals surface area contributed by atoms with Gasteiger partial charge in [-0.05, 0) is 30.2 Å². The standard InChI is InChI=1S/C18H18N2O6/c21-17(19-14-9-7-13(8-10-14)12-18(22)23)6-3-11-26-16-5-2-1-4-15(16)20(24)25/h1-2,4-5,7-10H,3,6,11-12H2,(H,19,21)(H,22,23). The number of rotatable bonds is 9. The SMILES string of the molecule is O=C(O)Cc1ccc(NC(=O)CCCOc2ccccc2[N+](=O)[O-])cc1. The van der Waals surface area contributed by atoms with Crippen LogP contribution in [-0.2, 0) is 16.0 Å². The van der Waals surface area contributed by atoms with Gasteiger partial charge in [-0.2, -0.15) is 0 Å². The van der Waals surface area contributed by atoms with Crippen molar-refractivity contribution in [1.82, 2.24) is 0 Å². The van der Waals surface area contributed by atoms with E-state index in [4.69, 9.17) is 9.84 Å². The first-order valence-corrected chi connectivity index (χ1v) is 7.92. The minimum absolute atomic E-state index is 0.0722. The summed E-state index contributed by atoms with van der Waals surface area (Å²) >= 11 is 0. The van der Waals surface area contributed by atoms with E-state index in [0.717, 1.165) is 0 Å². The largest absolute Gasteiger partial charge is 0.487 e. The van der Waals surface area contributed by atoms with Crippen molar-refractivity contribution in [2.24, 2.45) is 0 Å². The van der Waals surface area contributed by atoms with Crippen LogP contribution < -0.4 is 10.1 Å². The van der Waals surface area contributed by atoms with E-state index in [1.54, 1.807) is 36.4 Å². The number of carbonyl (C=O) groups excluding carboxylic acids is 1. The van der Waals surface area contributed by atoms with Crippen LogP contribution in [-0.4, -0.2) is 28.5 Å². The van der Waals surface area contributed by atoms with E-state index in [2.05, 4.69) is 5.32 Å². The summed E-state index contributed by atoms with van der Waals surface area (Å²) in [6, 6.07) is 12.6. The molecule has 1 amide bonds. The Hall–Kier alpha value is -3.42. The number of nitrogens with zero attached hydrogens (tertiary/aromatic N) is 1. The zero-order chi connectivity index (χ0) is 18.9. The second-order valence-electron chi connectivity index (χ2n) is 5.49. The molecule has 0 aliphatic heterocycles. The van der Waals surface area contributed by atoms with Crippen LogP contribution in [0.15, 0.2) is 48.5 Å². The molecule has 0 unspecified atom stereocenters. The molecular formula is C18H18N2O6. The van der Waals surface area contributed by atoms with Gasteiger partial charge in [0.2, 0.25) is 5.91 Å². The van der Waals surface area contributed by atoms with E-state index in [9.17, 15) is 19.7 Å². The predicted molar refractivity (Wildman–Crippen MR) is 94.2 cm³/mol. The molecule has 0 radical (unpaired) electrons. The smallest absolute Gasteiger partial charge is 0.310 e. The zero-order valence-corrected chi connectivity index (χ0v) is 13.9. The molecule has 2 rings (SSSR count). The first kappa shape index (κ1) is 18.9. The normalized spacial score (nSPS) is 10.2. The second kappa shape index (κ2) is 9.16. The van der Waals surface area contributed by atoms with Crippen LogP contribution in [0.5, 0.6) is 5.75 Å². The Labute approximate surface area is 149 Å². The summed E-state index contributed by atoms with van der Waals surface area (Å²) in [5.74, 6) is -0.963. The number of amides is 1. The predicted octanol–water partition coefficient (Wildman–Crippen LogP) is 3.02. The van der Waals surface area contributed by atoms with Gasteiger partial charge in [-0.15, -0.1) is 0 Å². The minimum atomic E-state index is -0.916. The molecule has 0 bridgehead atoms. The molecule has 26 heavy (non-hydrogen) atoms. The van der Waals surface area contributed by atoms with Gasteiger partial charge in [0.05, 0.1) is 18.0 Å². The van der Waals surface area contributed by atoms with Crippen molar-refractivity contribution in [3.8, 4) is 5.75 Å². The van der Waals surface area contributed by atoms with Crippen LogP contribution in [0.3, 0.4) is 0 Å². The van der Waals surface area contributed by atoms with E-state index < -0.39 is 10.9 Å². The summed E-state index contributed by atoms with van der Waals surface area (Å²) in [6.45, 7) is 0.176. The molecule has 0 heterocycles. The van der Waals surface area contributed by atoms with Gasteiger partial charge in [-0.3, -0.25) is 19.7 Å². The lowest BCUT2D eigenvalue weighted by atomic mass is 10.1. The third-order valence-electron chi connectivity index (χ3n) is 3.46. The number of aliphatic carboxylic acids is 1. The van der Waals surface area contributed by atoms with E-state index in [0.29, 0.717) is 17.7 Å². The maximum atomic E-state index is 11.9. The van der Waals surface area contributed by atoms with Gasteiger partial charge in [-0.1, -0.05) is 24.3 Å². The van der Waals surface area contributed by atoms with E-state index >= 15 is 0 Å². The van der Waals surface area contributed by atoms with Gasteiger partial charge in [0.25, 0.3) is 0 Å². The first-order chi connectivity index (χ1) is 12.5. The maximum Gasteiger partial charge on any atom is 0.310 e. The highest BCUT2D eigenvalue weighted by atomic mass is 16.6. The van der Waals surface area contributed by atoms with Gasteiger partial charge in [-0.25, -0.2) is 0 Å². The summed E-state index contributed by atoms with van der Waals surface area (Å²) in [6.07, 6.45) is 0.518. The number of hydrogen-bond acceptors (Lipinski definition) is 5. The fourth-order valence-electron chi connectivity index (χ4n) is 2.25. The van der Waals surface area contributed by atoms with Crippen molar-refractivity contribution in [2.75, 3.05) is 11.9 Å². The molecule has 0 spiro atoms. The topological polar surface area (TPSA) is 119 Å². The first-order valence-electron chi connectivity index (χ1n) is 7.92. The number of hydrogen-bond donors (Lipinski definition) is 2. The van der Waals surface area contributed by atoms with Crippen molar-refractivity contribution in [3.05, 3.63) is 64.2 Å². The van der Waals surface area contributed by atoms with Gasteiger partial charge in [0.15, 0.2) is 5.75 Å². The van der Waals surface area contributed by atoms with Crippen molar-refractivity contribution in [1.29, 1.82) is 0 Å². The number of carbonyl (C=O) groups is 2. The number of nitrogens with one attached hydrogen (secondary N) is 1. The fraction of sp³-hybridized carbons (Fsp3) is 0.222. The number of para-hydroxylation sites is 2. The minimum Gasteiger partial charge on any atom is -0.487 e. The number of benzene rings is 2. The molecule has 8 heteroatoms. The number of nitro groups is 1. The molecule has 2 N–H and O–H groups in total. The van der Waals surface area contributed by atoms with Crippen molar-refractivity contribution >= 4 is 23.3 Å². The molecule has 0 saturated heterocycles. The Balaban J connectivity index is 1.75. The molecule has 0 saturated carbocycles. The highest BCUT2D eigenvalue weighted by Crippen LogP contribution is 2.25. The molecule has 0 aromatic heterocycles. The Bertz CT molecular complexity index is 789. The summed E-state index contributed by atoms with van der Waals surface area (Å²) in [4.78, 5) is 32.9. The van der Waals surface area contributed by atoms with Gasteiger partial charge in [0, 0.05) is 18.2 Å². The Morgan fingerprint density at radius 2 is 1.81 bits per heavy atom. The van der Waals surface area contributed by atoms with Crippen LogP contribution in [0.25, 0.3) is 0 Å². The Kier molecular flexibility index (Phi) is 6.67. The van der Waals surface area contributed by atoms with Crippen molar-refractivity contribution < 1.29 is 24.4 Å². The Morgan fingerprint density at radius 3 is 2.46 bits per heavy atom. The molecule has 0 fully saturated rings. The lowest BCUT2D eigenvalue weighted by Gasteiger charge is -2.08. The number of carboxylic acid groups (broad SMARTS) is 1. The van der Waals surface area contributed by atoms with Gasteiger partial charge >= 0.3 is 11.7 Å². The van der Waals surface area contributed by atoms with Gasteiger partial charge < -0.3 is 15.2 Å². The summed E-state index contributed by atoms with van der Waals surface area (Å²) in [5.41, 5.74) is 1.11. The van der Waals surface area contributed by atoms with Crippen LogP contribution in [0, 0.1) is 10.1 Å². The second-order valence-corrected chi connectivity index (χ2v) is 5.49. The van der Waals surface area contributed by atoms with Crippen LogP contribution >= 0.6 is 0 Å². The molecule has 8 nitrogen and oxygen atoms in total. The van der Waals surface area contributed by atoms with Crippen molar-refractivity contribution in [3.63, 3.8) is 0 Å². The zero-order valence-electron chi connectivity index (χ0n) is 13.9. The number of anilines is 1. The average molecular weight is 358 g/mol. The van der Waals surface area contributed by atoms with Crippen LogP contribution in [0.1, 0.15) is 18.4 Å². The molecule has 0 aliphatic carbocycles. The van der Waals surface area contributed by atoms with Gasteiger partial charge in [0.1, 0.15) is 0 Å². The quantitative estimate of drug-likeness (QED) is 0.404. The average Bonchev–Trinajstić information content (AvgIpc) is 2.60. The molecule has 0 aliphatic rings. The van der Waals surface area contributed by atoms with E-state index in [-0.39, 0.29) is 36.8 Å². The number of carboxylic acids is 1. The lowest BCUT2D eigenvalue weighted by molar-refractivity contribution is -0.385. The van der Waals surface area contributed by atoms with E-state index in [1.165, 1.54) is 12.1 Å². The molecular weight excluding hydrogens is 340 g/mol. The highest BCUT2D eigenvalue weighted by Gasteiger charge is 2.13. The van der Waals surface area contributed by atoms with E-state index in [1.807, 2.05) is 0 Å². The van der Waals surface area contributed by atoms with Crippen LogP contribution in [0.2, 0.25) is 0 Å². The number of ether oxygens (including phenoxy) is 1. The summed E-state index contributed by atoms with van der Waals surface area (Å²) < 4.78 is 5.37. The monoisotopic (exact) mass is 358 g/mol. The van der Waals surface area contributed by atoms with Crippen molar-refractivity contribution in [2.45, 2.75) is 19.3 Å². The number of nitro benzene ring substituents is 1. The fourth-order valence-corrected chi connectivity index (χ4v) is 2.25. The Morgan fingerprint density at radius 1 is 1.12 bits per heavy atom. The maximum absolute atomic E-state index is 11.9.